The normalized spacial score (nSPS) is 9.14. The number of hydrogen-bond donors (Lipinski definition) is 0. The Labute approximate surface area is 192 Å². The predicted octanol–water partition coefficient (Wildman–Crippen LogP) is -3.31. The van der Waals surface area contributed by atoms with Crippen molar-refractivity contribution in [2.45, 2.75) is 0 Å². The van der Waals surface area contributed by atoms with Gasteiger partial charge in [0, 0.05) is 0 Å². The minimum absolute atomic E-state index is 0. The van der Waals surface area contributed by atoms with E-state index in [1.165, 1.54) is 17.8 Å². The second-order valence-corrected chi connectivity index (χ2v) is 10.3. The van der Waals surface area contributed by atoms with Crippen LogP contribution in [0.15, 0.2) is 121 Å². The summed E-state index contributed by atoms with van der Waals surface area (Å²) in [5.74, 6) is 0. The van der Waals surface area contributed by atoms with Crippen molar-refractivity contribution in [2.24, 2.45) is 0 Å². The zero-order valence-electron chi connectivity index (χ0n) is 15.1. The summed E-state index contributed by atoms with van der Waals surface area (Å²) in [7, 11) is 0. The number of halogens is 2. The van der Waals surface area contributed by atoms with Crippen LogP contribution in [0.25, 0.3) is 0 Å². The molecular formula is C24H20Cl2Se2-2. The molecule has 0 aliphatic heterocycles. The summed E-state index contributed by atoms with van der Waals surface area (Å²) in [6.45, 7) is 0. The van der Waals surface area contributed by atoms with Crippen LogP contribution in [0.5, 0.6) is 0 Å². The van der Waals surface area contributed by atoms with Crippen LogP contribution < -0.4 is 42.7 Å². The molecule has 0 saturated carbocycles. The van der Waals surface area contributed by atoms with E-state index in [1.807, 2.05) is 0 Å². The average molecular weight is 537 g/mol. The maximum atomic E-state index is 2.19. The maximum absolute atomic E-state index is 2.19. The van der Waals surface area contributed by atoms with Gasteiger partial charge < -0.3 is 24.8 Å². The molecule has 0 nitrogen and oxygen atoms in total. The molecule has 0 atom stereocenters. The third kappa shape index (κ3) is 9.13. The first-order valence-electron chi connectivity index (χ1n) is 8.46. The van der Waals surface area contributed by atoms with Crippen LogP contribution in [-0.2, 0) is 0 Å². The van der Waals surface area contributed by atoms with Crippen molar-refractivity contribution >= 4 is 47.8 Å². The zero-order chi connectivity index (χ0) is 17.9. The zero-order valence-corrected chi connectivity index (χ0v) is 20.1. The second kappa shape index (κ2) is 14.5. The van der Waals surface area contributed by atoms with Crippen molar-refractivity contribution < 1.29 is 24.8 Å². The molecule has 0 unspecified atom stereocenters. The van der Waals surface area contributed by atoms with Gasteiger partial charge in [0.2, 0.25) is 0 Å². The van der Waals surface area contributed by atoms with Gasteiger partial charge >= 0.3 is 169 Å². The molecule has 4 rings (SSSR count). The van der Waals surface area contributed by atoms with Crippen LogP contribution >= 0.6 is 0 Å². The topological polar surface area (TPSA) is 0 Å². The summed E-state index contributed by atoms with van der Waals surface area (Å²) in [5.41, 5.74) is 0. The molecule has 0 aliphatic carbocycles. The van der Waals surface area contributed by atoms with Gasteiger partial charge in [0.25, 0.3) is 0 Å². The second-order valence-electron chi connectivity index (χ2n) is 5.46. The van der Waals surface area contributed by atoms with Gasteiger partial charge in [-0.2, -0.15) is 0 Å². The summed E-state index contributed by atoms with van der Waals surface area (Å²) in [5, 5.41) is 0. The molecular weight excluding hydrogens is 517 g/mol. The van der Waals surface area contributed by atoms with Crippen molar-refractivity contribution in [1.82, 2.24) is 0 Å². The molecule has 0 heterocycles. The van der Waals surface area contributed by atoms with Crippen molar-refractivity contribution in [2.75, 3.05) is 0 Å². The van der Waals surface area contributed by atoms with Crippen LogP contribution in [-0.4, -0.2) is 29.9 Å². The fourth-order valence-electron chi connectivity index (χ4n) is 2.23. The molecule has 0 bridgehead atoms. The molecule has 0 N–H and O–H groups in total. The first-order chi connectivity index (χ1) is 12.9. The Balaban J connectivity index is 0.000000261. The standard InChI is InChI=1S/2C12H10Se.2ClH/c2*1-3-7-11(8-4-1)13-12-9-5-2-6-10-12;;/h2*1-10H;2*1H/p-2. The Kier molecular flexibility index (Phi) is 12.7. The molecule has 0 spiro atoms. The number of benzene rings is 4. The van der Waals surface area contributed by atoms with Gasteiger partial charge in [0.15, 0.2) is 0 Å². The van der Waals surface area contributed by atoms with E-state index in [1.54, 1.807) is 0 Å². The minimum atomic E-state index is 0. The Morgan fingerprint density at radius 3 is 0.643 bits per heavy atom. The SMILES string of the molecule is [Cl-].[Cl-].c1ccc([Se]c2ccccc2)cc1.c1ccc([Se]c2ccccc2)cc1. The summed E-state index contributed by atoms with van der Waals surface area (Å²) >= 11 is 0.922. The van der Waals surface area contributed by atoms with Gasteiger partial charge in [-0.05, 0) is 0 Å². The van der Waals surface area contributed by atoms with Gasteiger partial charge in [-0.1, -0.05) is 0 Å². The molecule has 0 radical (unpaired) electrons. The number of hydrogen-bond acceptors (Lipinski definition) is 0. The van der Waals surface area contributed by atoms with E-state index in [0.29, 0.717) is 29.9 Å². The van der Waals surface area contributed by atoms with E-state index >= 15 is 0 Å². The molecule has 0 saturated heterocycles. The van der Waals surface area contributed by atoms with Crippen molar-refractivity contribution in [3.05, 3.63) is 121 Å². The summed E-state index contributed by atoms with van der Waals surface area (Å²) in [4.78, 5) is 0. The van der Waals surface area contributed by atoms with E-state index in [-0.39, 0.29) is 24.8 Å². The Morgan fingerprint density at radius 1 is 0.286 bits per heavy atom. The van der Waals surface area contributed by atoms with E-state index in [2.05, 4.69) is 121 Å². The molecule has 0 fully saturated rings. The quantitative estimate of drug-likeness (QED) is 0.240. The van der Waals surface area contributed by atoms with Crippen LogP contribution in [0.3, 0.4) is 0 Å². The van der Waals surface area contributed by atoms with Crippen LogP contribution in [0, 0.1) is 0 Å². The fraction of sp³-hybridized carbons (Fsp3) is 0. The van der Waals surface area contributed by atoms with Gasteiger partial charge in [-0.25, -0.2) is 0 Å². The fourth-order valence-corrected chi connectivity index (χ4v) is 5.83. The predicted molar refractivity (Wildman–Crippen MR) is 116 cm³/mol. The Morgan fingerprint density at radius 2 is 0.464 bits per heavy atom. The van der Waals surface area contributed by atoms with Crippen molar-refractivity contribution in [3.8, 4) is 0 Å². The molecule has 4 heteroatoms. The summed E-state index contributed by atoms with van der Waals surface area (Å²) < 4.78 is 5.73. The van der Waals surface area contributed by atoms with Gasteiger partial charge in [0.1, 0.15) is 0 Å². The van der Waals surface area contributed by atoms with E-state index in [4.69, 9.17) is 0 Å². The summed E-state index contributed by atoms with van der Waals surface area (Å²) in [6, 6.07) is 42.5. The van der Waals surface area contributed by atoms with Crippen LogP contribution in [0.1, 0.15) is 0 Å². The number of rotatable bonds is 4. The van der Waals surface area contributed by atoms with Gasteiger partial charge in [0.05, 0.1) is 0 Å². The first kappa shape index (κ1) is 24.5. The monoisotopic (exact) mass is 538 g/mol. The van der Waals surface area contributed by atoms with Gasteiger partial charge in [-0.15, -0.1) is 0 Å². The van der Waals surface area contributed by atoms with Crippen LogP contribution in [0.4, 0.5) is 0 Å². The third-order valence-electron chi connectivity index (χ3n) is 3.44. The Bertz CT molecular complexity index is 719. The first-order valence-corrected chi connectivity index (χ1v) is 11.9. The van der Waals surface area contributed by atoms with Gasteiger partial charge in [-0.3, -0.25) is 0 Å². The van der Waals surface area contributed by atoms with E-state index < -0.39 is 0 Å². The average Bonchev–Trinajstić information content (AvgIpc) is 2.72. The van der Waals surface area contributed by atoms with E-state index in [9.17, 15) is 0 Å². The molecule has 0 amide bonds. The molecule has 0 aliphatic rings. The molecule has 4 aromatic rings. The molecule has 0 aromatic heterocycles. The molecule has 4 aromatic carbocycles. The van der Waals surface area contributed by atoms with E-state index in [0.717, 1.165) is 0 Å². The van der Waals surface area contributed by atoms with Crippen molar-refractivity contribution in [1.29, 1.82) is 0 Å². The molecule has 28 heavy (non-hydrogen) atoms. The third-order valence-corrected chi connectivity index (χ3v) is 7.71. The summed E-state index contributed by atoms with van der Waals surface area (Å²) in [6.07, 6.45) is 0. The molecule has 144 valence electrons. The van der Waals surface area contributed by atoms with Crippen molar-refractivity contribution in [3.63, 3.8) is 0 Å². The van der Waals surface area contributed by atoms with Crippen LogP contribution in [0.2, 0.25) is 0 Å². The Hall–Kier alpha value is -1.50.